The fourth-order valence-electron chi connectivity index (χ4n) is 1.95. The molecule has 0 spiro atoms. The van der Waals surface area contributed by atoms with Gasteiger partial charge in [-0.3, -0.25) is 0 Å². The van der Waals surface area contributed by atoms with E-state index in [1.807, 2.05) is 24.3 Å². The molecule has 0 saturated carbocycles. The SMILES string of the molecule is CNC(c1cc(F)cc(F)c1)c1ccccc1I. The van der Waals surface area contributed by atoms with Crippen molar-refractivity contribution < 1.29 is 8.78 Å². The summed E-state index contributed by atoms with van der Waals surface area (Å²) in [6.45, 7) is 0. The van der Waals surface area contributed by atoms with Crippen LogP contribution in [0.15, 0.2) is 42.5 Å². The number of nitrogens with one attached hydrogen (secondary N) is 1. The van der Waals surface area contributed by atoms with Gasteiger partial charge in [-0.05, 0) is 59.0 Å². The van der Waals surface area contributed by atoms with Gasteiger partial charge in [0, 0.05) is 9.64 Å². The van der Waals surface area contributed by atoms with E-state index in [0.717, 1.165) is 15.2 Å². The Kier molecular flexibility index (Phi) is 4.29. The Morgan fingerprint density at radius 1 is 1.06 bits per heavy atom. The van der Waals surface area contributed by atoms with E-state index in [4.69, 9.17) is 0 Å². The summed E-state index contributed by atoms with van der Waals surface area (Å²) in [7, 11) is 1.77. The van der Waals surface area contributed by atoms with Gasteiger partial charge in [0.15, 0.2) is 0 Å². The monoisotopic (exact) mass is 359 g/mol. The molecule has 0 amide bonds. The molecule has 1 nitrogen and oxygen atoms in total. The van der Waals surface area contributed by atoms with Crippen LogP contribution in [0.4, 0.5) is 8.78 Å². The van der Waals surface area contributed by atoms with Gasteiger partial charge in [-0.15, -0.1) is 0 Å². The Labute approximate surface area is 118 Å². The Bertz CT molecular complexity index is 537. The van der Waals surface area contributed by atoms with Crippen molar-refractivity contribution in [1.29, 1.82) is 0 Å². The molecular weight excluding hydrogens is 347 g/mol. The van der Waals surface area contributed by atoms with Crippen molar-refractivity contribution in [2.24, 2.45) is 0 Å². The molecule has 2 aromatic rings. The quantitative estimate of drug-likeness (QED) is 0.821. The minimum atomic E-state index is -0.559. The molecule has 0 aliphatic carbocycles. The summed E-state index contributed by atoms with van der Waals surface area (Å²) in [4.78, 5) is 0. The third-order valence-electron chi connectivity index (χ3n) is 2.72. The zero-order chi connectivity index (χ0) is 13.1. The van der Waals surface area contributed by atoms with Crippen molar-refractivity contribution in [3.8, 4) is 0 Å². The standard InChI is InChI=1S/C14H12F2IN/c1-18-14(12-4-2-3-5-13(12)17)9-6-10(15)8-11(16)7-9/h2-8,14,18H,1H3. The van der Waals surface area contributed by atoms with E-state index in [1.165, 1.54) is 12.1 Å². The van der Waals surface area contributed by atoms with Crippen LogP contribution in [0.5, 0.6) is 0 Å². The van der Waals surface area contributed by atoms with E-state index in [0.29, 0.717) is 5.56 Å². The lowest BCUT2D eigenvalue weighted by atomic mass is 9.99. The smallest absolute Gasteiger partial charge is 0.126 e. The average molecular weight is 359 g/mol. The van der Waals surface area contributed by atoms with Crippen molar-refractivity contribution in [2.45, 2.75) is 6.04 Å². The predicted octanol–water partition coefficient (Wildman–Crippen LogP) is 3.88. The molecule has 0 aliphatic heterocycles. The van der Waals surface area contributed by atoms with Gasteiger partial charge < -0.3 is 5.32 Å². The second-order valence-electron chi connectivity index (χ2n) is 3.95. The van der Waals surface area contributed by atoms with Gasteiger partial charge >= 0.3 is 0 Å². The molecule has 94 valence electrons. The molecule has 1 atom stereocenters. The summed E-state index contributed by atoms with van der Waals surface area (Å²) < 4.78 is 27.6. The molecule has 2 rings (SSSR count). The summed E-state index contributed by atoms with van der Waals surface area (Å²) in [5.41, 5.74) is 1.59. The Morgan fingerprint density at radius 3 is 2.22 bits per heavy atom. The summed E-state index contributed by atoms with van der Waals surface area (Å²) in [6.07, 6.45) is 0. The van der Waals surface area contributed by atoms with Gasteiger partial charge in [-0.25, -0.2) is 8.78 Å². The molecular formula is C14H12F2IN. The van der Waals surface area contributed by atoms with Gasteiger partial charge in [-0.1, -0.05) is 18.2 Å². The molecule has 2 aromatic carbocycles. The third-order valence-corrected chi connectivity index (χ3v) is 3.71. The van der Waals surface area contributed by atoms with Gasteiger partial charge in [-0.2, -0.15) is 0 Å². The summed E-state index contributed by atoms with van der Waals surface area (Å²) in [5, 5.41) is 3.09. The largest absolute Gasteiger partial charge is 0.309 e. The van der Waals surface area contributed by atoms with Crippen LogP contribution in [-0.4, -0.2) is 7.05 Å². The normalized spacial score (nSPS) is 12.4. The van der Waals surface area contributed by atoms with Gasteiger partial charge in [0.25, 0.3) is 0 Å². The molecule has 0 heterocycles. The van der Waals surface area contributed by atoms with Crippen LogP contribution in [0.25, 0.3) is 0 Å². The Balaban J connectivity index is 2.48. The highest BCUT2D eigenvalue weighted by Gasteiger charge is 2.16. The molecule has 0 saturated heterocycles. The molecule has 1 N–H and O–H groups in total. The molecule has 0 radical (unpaired) electrons. The Hall–Kier alpha value is -1.01. The van der Waals surface area contributed by atoms with E-state index in [2.05, 4.69) is 27.9 Å². The molecule has 0 aliphatic rings. The van der Waals surface area contributed by atoms with Crippen molar-refractivity contribution in [2.75, 3.05) is 7.05 Å². The first-order valence-electron chi connectivity index (χ1n) is 5.49. The van der Waals surface area contributed by atoms with E-state index < -0.39 is 11.6 Å². The highest BCUT2D eigenvalue weighted by Crippen LogP contribution is 2.26. The molecule has 0 aromatic heterocycles. The zero-order valence-electron chi connectivity index (χ0n) is 9.75. The lowest BCUT2D eigenvalue weighted by Gasteiger charge is -2.18. The fraction of sp³-hybridized carbons (Fsp3) is 0.143. The van der Waals surface area contributed by atoms with Crippen LogP contribution in [0.1, 0.15) is 17.2 Å². The van der Waals surface area contributed by atoms with Crippen LogP contribution in [0, 0.1) is 15.2 Å². The fourth-order valence-corrected chi connectivity index (χ4v) is 2.65. The molecule has 1 unspecified atom stereocenters. The second kappa shape index (κ2) is 5.75. The van der Waals surface area contributed by atoms with Crippen molar-refractivity contribution in [3.63, 3.8) is 0 Å². The van der Waals surface area contributed by atoms with E-state index in [9.17, 15) is 8.78 Å². The van der Waals surface area contributed by atoms with Crippen LogP contribution in [0.2, 0.25) is 0 Å². The Morgan fingerprint density at radius 2 is 1.67 bits per heavy atom. The first-order valence-corrected chi connectivity index (χ1v) is 6.57. The summed E-state index contributed by atoms with van der Waals surface area (Å²) in [6, 6.07) is 11.1. The maximum Gasteiger partial charge on any atom is 0.126 e. The van der Waals surface area contributed by atoms with Gasteiger partial charge in [0.1, 0.15) is 11.6 Å². The number of rotatable bonds is 3. The van der Waals surface area contributed by atoms with Gasteiger partial charge in [0.2, 0.25) is 0 Å². The lowest BCUT2D eigenvalue weighted by Crippen LogP contribution is -2.19. The maximum absolute atomic E-state index is 13.3. The average Bonchev–Trinajstić information content (AvgIpc) is 2.31. The highest BCUT2D eigenvalue weighted by atomic mass is 127. The van der Waals surface area contributed by atoms with E-state index in [1.54, 1.807) is 7.05 Å². The highest BCUT2D eigenvalue weighted by molar-refractivity contribution is 14.1. The molecule has 4 heteroatoms. The predicted molar refractivity (Wildman–Crippen MR) is 76.4 cm³/mol. The topological polar surface area (TPSA) is 12.0 Å². The van der Waals surface area contributed by atoms with Crippen molar-refractivity contribution in [1.82, 2.24) is 5.32 Å². The number of hydrogen-bond donors (Lipinski definition) is 1. The molecule has 0 fully saturated rings. The first kappa shape index (κ1) is 13.4. The van der Waals surface area contributed by atoms with Crippen LogP contribution in [-0.2, 0) is 0 Å². The third kappa shape index (κ3) is 2.87. The van der Waals surface area contributed by atoms with E-state index in [-0.39, 0.29) is 6.04 Å². The summed E-state index contributed by atoms with van der Waals surface area (Å²) >= 11 is 2.22. The molecule has 0 bridgehead atoms. The lowest BCUT2D eigenvalue weighted by molar-refractivity contribution is 0.571. The molecule has 18 heavy (non-hydrogen) atoms. The maximum atomic E-state index is 13.3. The number of halogens is 3. The zero-order valence-corrected chi connectivity index (χ0v) is 11.9. The minimum Gasteiger partial charge on any atom is -0.309 e. The van der Waals surface area contributed by atoms with Gasteiger partial charge in [0.05, 0.1) is 6.04 Å². The van der Waals surface area contributed by atoms with Crippen LogP contribution >= 0.6 is 22.6 Å². The summed E-state index contributed by atoms with van der Waals surface area (Å²) in [5.74, 6) is -1.12. The second-order valence-corrected chi connectivity index (χ2v) is 5.11. The van der Waals surface area contributed by atoms with Crippen LogP contribution in [0.3, 0.4) is 0 Å². The van der Waals surface area contributed by atoms with E-state index >= 15 is 0 Å². The number of hydrogen-bond acceptors (Lipinski definition) is 1. The van der Waals surface area contributed by atoms with Crippen molar-refractivity contribution in [3.05, 3.63) is 68.8 Å². The van der Waals surface area contributed by atoms with Crippen molar-refractivity contribution >= 4 is 22.6 Å². The van der Waals surface area contributed by atoms with Crippen LogP contribution < -0.4 is 5.32 Å². The number of benzene rings is 2. The first-order chi connectivity index (χ1) is 8.61. The minimum absolute atomic E-state index is 0.219.